The van der Waals surface area contributed by atoms with Gasteiger partial charge in [-0.05, 0) is 6.07 Å². The minimum atomic E-state index is -0.914. The van der Waals surface area contributed by atoms with E-state index in [-0.39, 0.29) is 12.5 Å². The lowest BCUT2D eigenvalue weighted by atomic mass is 9.94. The first-order chi connectivity index (χ1) is 11.1. The third-order valence-corrected chi connectivity index (χ3v) is 4.36. The number of aromatic nitrogens is 2. The van der Waals surface area contributed by atoms with Crippen LogP contribution in [0.3, 0.4) is 0 Å². The molecule has 0 unspecified atom stereocenters. The van der Waals surface area contributed by atoms with Gasteiger partial charge in [0.15, 0.2) is 0 Å². The number of nitrogens with one attached hydrogen (secondary N) is 2. The van der Waals surface area contributed by atoms with Crippen LogP contribution in [0.2, 0.25) is 5.02 Å². The fourth-order valence-electron chi connectivity index (χ4n) is 2.60. The third-order valence-electron chi connectivity index (χ3n) is 4.03. The minimum absolute atomic E-state index is 0.183. The first-order valence-corrected chi connectivity index (χ1v) is 7.83. The second kappa shape index (κ2) is 6.70. The molecule has 23 heavy (non-hydrogen) atoms. The van der Waals surface area contributed by atoms with Gasteiger partial charge in [-0.25, -0.2) is 0 Å². The van der Waals surface area contributed by atoms with E-state index in [1.165, 1.54) is 6.20 Å². The van der Waals surface area contributed by atoms with Crippen LogP contribution >= 0.6 is 11.6 Å². The van der Waals surface area contributed by atoms with Gasteiger partial charge < -0.3 is 15.2 Å². The normalized spacial score (nSPS) is 17.0. The number of amides is 1. The van der Waals surface area contributed by atoms with Crippen molar-refractivity contribution in [2.45, 2.75) is 18.4 Å². The summed E-state index contributed by atoms with van der Waals surface area (Å²) in [4.78, 5) is 12.4. The second-order valence-electron chi connectivity index (χ2n) is 5.66. The van der Waals surface area contributed by atoms with Gasteiger partial charge in [0.25, 0.3) is 5.91 Å². The van der Waals surface area contributed by atoms with Gasteiger partial charge in [-0.3, -0.25) is 9.89 Å². The van der Waals surface area contributed by atoms with Crippen LogP contribution in [0, 0.1) is 0 Å². The summed E-state index contributed by atoms with van der Waals surface area (Å²) in [5, 5.41) is 20.5. The molecule has 0 atom stereocenters. The van der Waals surface area contributed by atoms with Crippen LogP contribution in [0.4, 0.5) is 0 Å². The van der Waals surface area contributed by atoms with Gasteiger partial charge in [0.2, 0.25) is 0 Å². The van der Waals surface area contributed by atoms with Crippen molar-refractivity contribution in [2.24, 2.45) is 0 Å². The number of carbonyl (C=O) groups is 1. The molecule has 0 aliphatic carbocycles. The van der Waals surface area contributed by atoms with Gasteiger partial charge in [0, 0.05) is 43.2 Å². The van der Waals surface area contributed by atoms with Gasteiger partial charge >= 0.3 is 0 Å². The summed E-state index contributed by atoms with van der Waals surface area (Å²) in [5.74, 6) is -0.298. The van der Waals surface area contributed by atoms with Crippen LogP contribution in [0.15, 0.2) is 30.5 Å². The molecular weight excluding hydrogens is 318 g/mol. The Kier molecular flexibility index (Phi) is 4.66. The summed E-state index contributed by atoms with van der Waals surface area (Å²) in [7, 11) is 0. The van der Waals surface area contributed by atoms with E-state index >= 15 is 0 Å². The molecule has 122 valence electrons. The zero-order valence-corrected chi connectivity index (χ0v) is 13.3. The van der Waals surface area contributed by atoms with E-state index in [0.29, 0.717) is 47.9 Å². The van der Waals surface area contributed by atoms with Gasteiger partial charge in [0.1, 0.15) is 0 Å². The molecule has 3 rings (SSSR count). The summed E-state index contributed by atoms with van der Waals surface area (Å²) in [6, 6.07) is 7.24. The van der Waals surface area contributed by atoms with Crippen molar-refractivity contribution >= 4 is 17.5 Å². The molecule has 7 heteroatoms. The van der Waals surface area contributed by atoms with Gasteiger partial charge in [0.05, 0.1) is 23.1 Å². The maximum Gasteiger partial charge on any atom is 0.255 e. The van der Waals surface area contributed by atoms with Crippen molar-refractivity contribution in [3.05, 3.63) is 41.0 Å². The first-order valence-electron chi connectivity index (χ1n) is 7.46. The summed E-state index contributed by atoms with van der Waals surface area (Å²) < 4.78 is 5.23. The van der Waals surface area contributed by atoms with Crippen molar-refractivity contribution in [1.29, 1.82) is 0 Å². The Morgan fingerprint density at radius 2 is 2.13 bits per heavy atom. The van der Waals surface area contributed by atoms with Gasteiger partial charge in [-0.1, -0.05) is 29.8 Å². The molecule has 1 aromatic carbocycles. The van der Waals surface area contributed by atoms with E-state index in [4.69, 9.17) is 16.3 Å². The maximum atomic E-state index is 12.4. The van der Waals surface area contributed by atoms with E-state index in [1.807, 2.05) is 18.2 Å². The number of nitrogens with zero attached hydrogens (tertiary/aromatic N) is 1. The van der Waals surface area contributed by atoms with Crippen LogP contribution in [0.5, 0.6) is 0 Å². The number of ether oxygens (including phenoxy) is 1. The Labute approximate surface area is 138 Å². The standard InChI is InChI=1S/C16H18ClN3O3/c17-13-4-2-1-3-11(13)14-12(9-19-20-14)15(21)18-10-16(22)5-7-23-8-6-16/h1-4,9,22H,5-8,10H2,(H,18,21)(H,19,20). The first kappa shape index (κ1) is 16.0. The van der Waals surface area contributed by atoms with Crippen LogP contribution in [0.1, 0.15) is 23.2 Å². The molecule has 0 saturated carbocycles. The van der Waals surface area contributed by atoms with Crippen LogP contribution in [-0.4, -0.2) is 46.6 Å². The fourth-order valence-corrected chi connectivity index (χ4v) is 2.83. The summed E-state index contributed by atoms with van der Waals surface area (Å²) in [5.41, 5.74) is 0.754. The van der Waals surface area contributed by atoms with Crippen molar-refractivity contribution in [3.8, 4) is 11.3 Å². The Morgan fingerprint density at radius 1 is 1.39 bits per heavy atom. The number of halogens is 1. The highest BCUT2D eigenvalue weighted by atomic mass is 35.5. The number of benzene rings is 1. The molecular formula is C16H18ClN3O3. The zero-order chi connectivity index (χ0) is 16.3. The summed E-state index contributed by atoms with van der Waals surface area (Å²) in [6.07, 6.45) is 2.48. The molecule has 1 fully saturated rings. The molecule has 1 aliphatic rings. The Hall–Kier alpha value is -1.89. The number of hydrogen-bond acceptors (Lipinski definition) is 4. The number of aliphatic hydroxyl groups is 1. The Bertz CT molecular complexity index is 695. The number of rotatable bonds is 4. The van der Waals surface area contributed by atoms with Crippen molar-refractivity contribution < 1.29 is 14.6 Å². The molecule has 0 bridgehead atoms. The molecule has 0 spiro atoms. The SMILES string of the molecule is O=C(NCC1(O)CCOCC1)c1cn[nH]c1-c1ccccc1Cl. The van der Waals surface area contributed by atoms with Gasteiger partial charge in [-0.15, -0.1) is 0 Å². The topological polar surface area (TPSA) is 87.2 Å². The molecule has 1 aliphatic heterocycles. The lowest BCUT2D eigenvalue weighted by Gasteiger charge is -2.32. The third kappa shape index (κ3) is 3.55. The molecule has 1 amide bonds. The Morgan fingerprint density at radius 3 is 2.87 bits per heavy atom. The summed E-state index contributed by atoms with van der Waals surface area (Å²) >= 11 is 6.18. The molecule has 1 aromatic heterocycles. The van der Waals surface area contributed by atoms with E-state index in [2.05, 4.69) is 15.5 Å². The predicted octanol–water partition coefficient (Wildman–Crippen LogP) is 2.00. The van der Waals surface area contributed by atoms with Crippen LogP contribution in [0.25, 0.3) is 11.3 Å². The molecule has 3 N–H and O–H groups in total. The molecule has 6 nitrogen and oxygen atoms in total. The average molecular weight is 336 g/mol. The fraction of sp³-hybridized carbons (Fsp3) is 0.375. The second-order valence-corrected chi connectivity index (χ2v) is 6.07. The van der Waals surface area contributed by atoms with Crippen LogP contribution < -0.4 is 5.32 Å². The lowest BCUT2D eigenvalue weighted by Crippen LogP contribution is -2.46. The highest BCUT2D eigenvalue weighted by Gasteiger charge is 2.30. The van der Waals surface area contributed by atoms with E-state index in [0.717, 1.165) is 0 Å². The van der Waals surface area contributed by atoms with Crippen LogP contribution in [-0.2, 0) is 4.74 Å². The molecule has 0 radical (unpaired) electrons. The molecule has 2 heterocycles. The maximum absolute atomic E-state index is 12.4. The van der Waals surface area contributed by atoms with Crippen molar-refractivity contribution in [1.82, 2.24) is 15.5 Å². The molecule has 2 aromatic rings. The number of aromatic amines is 1. The predicted molar refractivity (Wildman–Crippen MR) is 86.4 cm³/mol. The molecule has 1 saturated heterocycles. The van der Waals surface area contributed by atoms with E-state index in [9.17, 15) is 9.90 Å². The quantitative estimate of drug-likeness (QED) is 0.797. The highest BCUT2D eigenvalue weighted by Crippen LogP contribution is 2.28. The number of carbonyl (C=O) groups excluding carboxylic acids is 1. The van der Waals surface area contributed by atoms with Crippen molar-refractivity contribution in [2.75, 3.05) is 19.8 Å². The lowest BCUT2D eigenvalue weighted by molar-refractivity contribution is -0.0605. The monoisotopic (exact) mass is 335 g/mol. The van der Waals surface area contributed by atoms with E-state index in [1.54, 1.807) is 6.07 Å². The zero-order valence-electron chi connectivity index (χ0n) is 12.5. The average Bonchev–Trinajstić information content (AvgIpc) is 3.03. The van der Waals surface area contributed by atoms with E-state index < -0.39 is 5.60 Å². The Balaban J connectivity index is 1.74. The van der Waals surface area contributed by atoms with Gasteiger partial charge in [-0.2, -0.15) is 5.10 Å². The number of hydrogen-bond donors (Lipinski definition) is 3. The smallest absolute Gasteiger partial charge is 0.255 e. The highest BCUT2D eigenvalue weighted by molar-refractivity contribution is 6.33. The minimum Gasteiger partial charge on any atom is -0.388 e. The number of H-pyrrole nitrogens is 1. The largest absolute Gasteiger partial charge is 0.388 e. The van der Waals surface area contributed by atoms with Crippen molar-refractivity contribution in [3.63, 3.8) is 0 Å². The summed E-state index contributed by atoms with van der Waals surface area (Å²) in [6.45, 7) is 1.19.